The monoisotopic (exact) mass is 247 g/mol. The SMILES string of the molecule is CCNc1ccnc(C(=O)N(C)CC2CCC2)c1. The van der Waals surface area contributed by atoms with Crippen LogP contribution in [-0.2, 0) is 0 Å². The second-order valence-electron chi connectivity index (χ2n) is 4.94. The van der Waals surface area contributed by atoms with Crippen molar-refractivity contribution in [2.75, 3.05) is 25.5 Å². The molecule has 1 amide bonds. The standard InChI is InChI=1S/C14H21N3O/c1-3-15-12-7-8-16-13(9-12)14(18)17(2)10-11-5-4-6-11/h7-9,11H,3-6,10H2,1-2H3,(H,15,16). The molecule has 98 valence electrons. The topological polar surface area (TPSA) is 45.2 Å². The van der Waals surface area contributed by atoms with Crippen LogP contribution in [0.2, 0.25) is 0 Å². The summed E-state index contributed by atoms with van der Waals surface area (Å²) in [7, 11) is 1.86. The molecule has 0 aromatic carbocycles. The first-order chi connectivity index (χ1) is 8.70. The third-order valence-electron chi connectivity index (χ3n) is 3.46. The summed E-state index contributed by atoms with van der Waals surface area (Å²) in [6, 6.07) is 3.70. The minimum atomic E-state index is 0.0154. The minimum absolute atomic E-state index is 0.0154. The summed E-state index contributed by atoms with van der Waals surface area (Å²) in [5, 5.41) is 3.19. The number of hydrogen-bond donors (Lipinski definition) is 1. The molecule has 1 aromatic heterocycles. The van der Waals surface area contributed by atoms with Gasteiger partial charge in [0, 0.05) is 32.0 Å². The van der Waals surface area contributed by atoms with Crippen molar-refractivity contribution >= 4 is 11.6 Å². The van der Waals surface area contributed by atoms with Crippen molar-refractivity contribution in [2.45, 2.75) is 26.2 Å². The Hall–Kier alpha value is -1.58. The smallest absolute Gasteiger partial charge is 0.272 e. The Morgan fingerprint density at radius 1 is 1.56 bits per heavy atom. The summed E-state index contributed by atoms with van der Waals surface area (Å²) in [6.07, 6.45) is 5.49. The summed E-state index contributed by atoms with van der Waals surface area (Å²) in [5.74, 6) is 0.706. The molecular weight excluding hydrogens is 226 g/mol. The average Bonchev–Trinajstić information content (AvgIpc) is 2.33. The van der Waals surface area contributed by atoms with Crippen LogP contribution in [0.3, 0.4) is 0 Å². The van der Waals surface area contributed by atoms with Crippen molar-refractivity contribution < 1.29 is 4.79 Å². The lowest BCUT2D eigenvalue weighted by molar-refractivity contribution is 0.0739. The summed E-state index contributed by atoms with van der Waals surface area (Å²) < 4.78 is 0. The molecule has 1 heterocycles. The molecule has 1 fully saturated rings. The zero-order valence-corrected chi connectivity index (χ0v) is 11.1. The molecule has 0 unspecified atom stereocenters. The minimum Gasteiger partial charge on any atom is -0.385 e. The zero-order valence-electron chi connectivity index (χ0n) is 11.1. The second-order valence-corrected chi connectivity index (χ2v) is 4.94. The van der Waals surface area contributed by atoms with Gasteiger partial charge in [0.1, 0.15) is 5.69 Å². The van der Waals surface area contributed by atoms with E-state index in [1.807, 2.05) is 26.1 Å². The third-order valence-corrected chi connectivity index (χ3v) is 3.46. The van der Waals surface area contributed by atoms with Crippen molar-refractivity contribution in [3.8, 4) is 0 Å². The molecule has 1 saturated carbocycles. The molecule has 2 rings (SSSR count). The van der Waals surface area contributed by atoms with Gasteiger partial charge in [-0.15, -0.1) is 0 Å². The molecule has 1 aromatic rings. The van der Waals surface area contributed by atoms with Crippen molar-refractivity contribution in [3.63, 3.8) is 0 Å². The largest absolute Gasteiger partial charge is 0.385 e. The summed E-state index contributed by atoms with van der Waals surface area (Å²) >= 11 is 0. The van der Waals surface area contributed by atoms with E-state index >= 15 is 0 Å². The fraction of sp³-hybridized carbons (Fsp3) is 0.571. The van der Waals surface area contributed by atoms with Gasteiger partial charge in [-0.2, -0.15) is 0 Å². The lowest BCUT2D eigenvalue weighted by atomic mass is 9.85. The molecule has 0 aliphatic heterocycles. The molecule has 1 aliphatic carbocycles. The number of nitrogens with one attached hydrogen (secondary N) is 1. The molecule has 1 aliphatic rings. The van der Waals surface area contributed by atoms with Gasteiger partial charge in [0.25, 0.3) is 5.91 Å². The number of carbonyl (C=O) groups is 1. The van der Waals surface area contributed by atoms with Crippen LogP contribution in [0.1, 0.15) is 36.7 Å². The number of rotatable bonds is 5. The van der Waals surface area contributed by atoms with Crippen LogP contribution in [0.15, 0.2) is 18.3 Å². The number of amides is 1. The second kappa shape index (κ2) is 5.85. The highest BCUT2D eigenvalue weighted by Crippen LogP contribution is 2.27. The van der Waals surface area contributed by atoms with Gasteiger partial charge >= 0.3 is 0 Å². The first kappa shape index (κ1) is 12.9. The van der Waals surface area contributed by atoms with Gasteiger partial charge in [0.15, 0.2) is 0 Å². The van der Waals surface area contributed by atoms with Crippen LogP contribution in [0.25, 0.3) is 0 Å². The molecule has 0 atom stereocenters. The molecular formula is C14H21N3O. The number of carbonyl (C=O) groups excluding carboxylic acids is 1. The zero-order chi connectivity index (χ0) is 13.0. The Labute approximate surface area is 108 Å². The van der Waals surface area contributed by atoms with Gasteiger partial charge in [-0.3, -0.25) is 9.78 Å². The quantitative estimate of drug-likeness (QED) is 0.869. The Morgan fingerprint density at radius 3 is 2.94 bits per heavy atom. The molecule has 0 saturated heterocycles. The van der Waals surface area contributed by atoms with Crippen molar-refractivity contribution in [1.82, 2.24) is 9.88 Å². The van der Waals surface area contributed by atoms with E-state index in [0.29, 0.717) is 11.6 Å². The number of nitrogens with zero attached hydrogens (tertiary/aromatic N) is 2. The van der Waals surface area contributed by atoms with Crippen molar-refractivity contribution in [3.05, 3.63) is 24.0 Å². The van der Waals surface area contributed by atoms with Crippen molar-refractivity contribution in [1.29, 1.82) is 0 Å². The lowest BCUT2D eigenvalue weighted by Gasteiger charge is -2.30. The maximum Gasteiger partial charge on any atom is 0.272 e. The predicted octanol–water partition coefficient (Wildman–Crippen LogP) is 2.39. The molecule has 0 spiro atoms. The highest BCUT2D eigenvalue weighted by molar-refractivity contribution is 5.92. The van der Waals surface area contributed by atoms with E-state index in [4.69, 9.17) is 0 Å². The third kappa shape index (κ3) is 3.00. The Bertz CT molecular complexity index is 415. The number of pyridine rings is 1. The van der Waals surface area contributed by atoms with Crippen LogP contribution in [0.5, 0.6) is 0 Å². The van der Waals surface area contributed by atoms with Crippen LogP contribution < -0.4 is 5.32 Å². The van der Waals surface area contributed by atoms with Crippen LogP contribution in [0, 0.1) is 5.92 Å². The highest BCUT2D eigenvalue weighted by Gasteiger charge is 2.22. The van der Waals surface area contributed by atoms with E-state index in [1.165, 1.54) is 19.3 Å². The summed E-state index contributed by atoms with van der Waals surface area (Å²) in [6.45, 7) is 3.73. The molecule has 4 nitrogen and oxygen atoms in total. The molecule has 18 heavy (non-hydrogen) atoms. The molecule has 1 N–H and O–H groups in total. The average molecular weight is 247 g/mol. The summed E-state index contributed by atoms with van der Waals surface area (Å²) in [5.41, 5.74) is 1.48. The van der Waals surface area contributed by atoms with Gasteiger partial charge in [-0.05, 0) is 37.8 Å². The van der Waals surface area contributed by atoms with Gasteiger partial charge in [0.05, 0.1) is 0 Å². The fourth-order valence-corrected chi connectivity index (χ4v) is 2.20. The van der Waals surface area contributed by atoms with Gasteiger partial charge in [-0.1, -0.05) is 6.42 Å². The van der Waals surface area contributed by atoms with E-state index in [9.17, 15) is 4.79 Å². The van der Waals surface area contributed by atoms with E-state index in [2.05, 4.69) is 10.3 Å². The molecule has 0 bridgehead atoms. The Morgan fingerprint density at radius 2 is 2.33 bits per heavy atom. The number of anilines is 1. The first-order valence-electron chi connectivity index (χ1n) is 6.66. The van der Waals surface area contributed by atoms with Crippen LogP contribution in [0.4, 0.5) is 5.69 Å². The maximum absolute atomic E-state index is 12.2. The van der Waals surface area contributed by atoms with E-state index in [0.717, 1.165) is 18.8 Å². The lowest BCUT2D eigenvalue weighted by Crippen LogP contribution is -2.34. The summed E-state index contributed by atoms with van der Waals surface area (Å²) in [4.78, 5) is 18.2. The number of aromatic nitrogens is 1. The Kier molecular flexibility index (Phi) is 4.18. The number of hydrogen-bond acceptors (Lipinski definition) is 3. The van der Waals surface area contributed by atoms with Crippen molar-refractivity contribution in [2.24, 2.45) is 5.92 Å². The van der Waals surface area contributed by atoms with E-state index < -0.39 is 0 Å². The molecule has 4 heteroatoms. The van der Waals surface area contributed by atoms with Gasteiger partial charge in [-0.25, -0.2) is 0 Å². The van der Waals surface area contributed by atoms with E-state index in [-0.39, 0.29) is 5.91 Å². The van der Waals surface area contributed by atoms with Crippen LogP contribution >= 0.6 is 0 Å². The van der Waals surface area contributed by atoms with Crippen LogP contribution in [-0.4, -0.2) is 35.9 Å². The van der Waals surface area contributed by atoms with Gasteiger partial charge in [0.2, 0.25) is 0 Å². The Balaban J connectivity index is 2.00. The fourth-order valence-electron chi connectivity index (χ4n) is 2.20. The highest BCUT2D eigenvalue weighted by atomic mass is 16.2. The van der Waals surface area contributed by atoms with E-state index in [1.54, 1.807) is 11.1 Å². The van der Waals surface area contributed by atoms with Gasteiger partial charge < -0.3 is 10.2 Å². The predicted molar refractivity (Wildman–Crippen MR) is 72.7 cm³/mol. The molecule has 0 radical (unpaired) electrons. The normalized spacial score (nSPS) is 15.0. The first-order valence-corrected chi connectivity index (χ1v) is 6.66. The maximum atomic E-state index is 12.2.